The van der Waals surface area contributed by atoms with E-state index >= 15 is 0 Å². The highest BCUT2D eigenvalue weighted by Crippen LogP contribution is 2.46. The number of β-amino-alcohol motifs (C(OH)–C–C–N with tert-alkyl or cyclic N) is 1. The molecule has 1 aliphatic heterocycles. The van der Waals surface area contributed by atoms with E-state index in [0.717, 1.165) is 0 Å². The Balaban J connectivity index is 1.97. The average molecular weight is 621 g/mol. The summed E-state index contributed by atoms with van der Waals surface area (Å²) < 4.78 is 60.1. The smallest absolute Gasteiger partial charge is 0.305 e. The van der Waals surface area contributed by atoms with Gasteiger partial charge in [0.1, 0.15) is 16.5 Å². The van der Waals surface area contributed by atoms with Crippen molar-refractivity contribution in [2.45, 2.75) is 81.6 Å². The van der Waals surface area contributed by atoms with Gasteiger partial charge in [0.15, 0.2) is 0 Å². The van der Waals surface area contributed by atoms with E-state index in [2.05, 4.69) is 0 Å². The van der Waals surface area contributed by atoms with Gasteiger partial charge >= 0.3 is 5.97 Å². The molecule has 0 saturated carbocycles. The van der Waals surface area contributed by atoms with Crippen LogP contribution in [0.15, 0.2) is 53.4 Å². The molecule has 0 aliphatic carbocycles. The van der Waals surface area contributed by atoms with Crippen molar-refractivity contribution in [1.29, 1.82) is 0 Å². The number of aromatic nitrogens is 1. The van der Waals surface area contributed by atoms with Gasteiger partial charge in [0.05, 0.1) is 30.4 Å². The number of aliphatic carboxylic acids is 1. The fourth-order valence-corrected chi connectivity index (χ4v) is 7.82. The van der Waals surface area contributed by atoms with Gasteiger partial charge in [-0.15, -0.1) is 0 Å². The zero-order chi connectivity index (χ0) is 31.5. The number of aliphatic hydroxyl groups is 3. The Morgan fingerprint density at radius 3 is 2.09 bits per heavy atom. The van der Waals surface area contributed by atoms with E-state index < -0.39 is 52.4 Å². The van der Waals surface area contributed by atoms with Crippen LogP contribution in [0.25, 0.3) is 22.4 Å². The zero-order valence-electron chi connectivity index (χ0n) is 24.2. The first kappa shape index (κ1) is 32.7. The summed E-state index contributed by atoms with van der Waals surface area (Å²) in [4.78, 5) is 11.0. The van der Waals surface area contributed by atoms with Crippen LogP contribution in [0.2, 0.25) is 0 Å². The molecule has 0 spiro atoms. The second-order valence-electron chi connectivity index (χ2n) is 11.3. The first-order chi connectivity index (χ1) is 20.3. The van der Waals surface area contributed by atoms with E-state index in [4.69, 9.17) is 5.11 Å². The summed E-state index contributed by atoms with van der Waals surface area (Å²) in [5.41, 5.74) is 2.02. The number of carboxylic acids is 1. The number of aliphatic hydroxyl groups excluding tert-OH is 3. The molecule has 12 heteroatoms. The lowest BCUT2D eigenvalue weighted by molar-refractivity contribution is -0.139. The van der Waals surface area contributed by atoms with Crippen molar-refractivity contribution in [2.75, 3.05) is 13.1 Å². The van der Waals surface area contributed by atoms with Crippen LogP contribution in [0.4, 0.5) is 8.78 Å². The molecule has 0 amide bonds. The number of nitrogens with zero attached hydrogens (tertiary/aromatic N) is 2. The molecule has 2 aromatic carbocycles. The number of piperidine rings is 1. The van der Waals surface area contributed by atoms with E-state index in [1.54, 1.807) is 4.57 Å². The molecule has 0 bridgehead atoms. The van der Waals surface area contributed by atoms with Crippen molar-refractivity contribution in [2.24, 2.45) is 0 Å². The number of hydrogen-bond donors (Lipinski definition) is 4. The number of rotatable bonds is 12. The number of sulfonamides is 1. The minimum absolute atomic E-state index is 0.0112. The number of benzene rings is 2. The Kier molecular flexibility index (Phi) is 10.4. The predicted octanol–water partition coefficient (Wildman–Crippen LogP) is 4.35. The van der Waals surface area contributed by atoms with Crippen molar-refractivity contribution in [3.63, 3.8) is 0 Å². The van der Waals surface area contributed by atoms with E-state index in [-0.39, 0.29) is 48.9 Å². The van der Waals surface area contributed by atoms with Crippen LogP contribution in [0.3, 0.4) is 0 Å². The summed E-state index contributed by atoms with van der Waals surface area (Å²) in [5, 5.41) is 40.1. The van der Waals surface area contributed by atoms with Gasteiger partial charge in [-0.3, -0.25) is 4.79 Å². The van der Waals surface area contributed by atoms with Crippen molar-refractivity contribution < 1.29 is 42.4 Å². The summed E-state index contributed by atoms with van der Waals surface area (Å²) in [6, 6.07) is 11.0. The third-order valence-corrected chi connectivity index (χ3v) is 9.59. The number of hydrogen-bond acceptors (Lipinski definition) is 6. The average Bonchev–Trinajstić information content (AvgIpc) is 3.28. The molecule has 3 unspecified atom stereocenters. The minimum atomic E-state index is -4.23. The molecular formula is C31H38F2N2O7S. The van der Waals surface area contributed by atoms with Crippen molar-refractivity contribution in [3.05, 3.63) is 65.9 Å². The summed E-state index contributed by atoms with van der Waals surface area (Å²) in [6.45, 7) is 3.85. The topological polar surface area (TPSA) is 140 Å². The van der Waals surface area contributed by atoms with Crippen LogP contribution < -0.4 is 0 Å². The van der Waals surface area contributed by atoms with Gasteiger partial charge in [0, 0.05) is 30.9 Å². The fraction of sp³-hybridized carbons (Fsp3) is 0.452. The van der Waals surface area contributed by atoms with Crippen LogP contribution in [-0.4, -0.2) is 75.1 Å². The van der Waals surface area contributed by atoms with Crippen LogP contribution in [0.1, 0.15) is 57.6 Å². The van der Waals surface area contributed by atoms with Gasteiger partial charge in [0.25, 0.3) is 0 Å². The van der Waals surface area contributed by atoms with Crippen LogP contribution in [-0.2, 0) is 21.4 Å². The maximum Gasteiger partial charge on any atom is 0.305 e. The molecule has 43 heavy (non-hydrogen) atoms. The molecule has 4 rings (SSSR count). The minimum Gasteiger partial charge on any atom is -0.481 e. The number of carboxylic acid groups (broad SMARTS) is 1. The molecule has 3 aromatic rings. The lowest BCUT2D eigenvalue weighted by atomic mass is 10.00. The van der Waals surface area contributed by atoms with Gasteiger partial charge in [-0.1, -0.05) is 26.0 Å². The molecule has 4 N–H and O–H groups in total. The van der Waals surface area contributed by atoms with Crippen LogP contribution in [0, 0.1) is 11.6 Å². The van der Waals surface area contributed by atoms with Crippen molar-refractivity contribution >= 4 is 16.0 Å². The van der Waals surface area contributed by atoms with Gasteiger partial charge in [0.2, 0.25) is 10.0 Å². The summed E-state index contributed by atoms with van der Waals surface area (Å²) in [6.07, 6.45) is -2.94. The van der Waals surface area contributed by atoms with Gasteiger partial charge in [-0.05, 0) is 79.1 Å². The summed E-state index contributed by atoms with van der Waals surface area (Å²) >= 11 is 0. The Hall–Kier alpha value is -3.16. The molecule has 1 fully saturated rings. The quantitative estimate of drug-likeness (QED) is 0.236. The lowest BCUT2D eigenvalue weighted by Crippen LogP contribution is -2.42. The zero-order valence-corrected chi connectivity index (χ0v) is 25.0. The molecule has 9 nitrogen and oxygen atoms in total. The Labute approximate surface area is 250 Å². The second-order valence-corrected chi connectivity index (χ2v) is 13.2. The highest BCUT2D eigenvalue weighted by molar-refractivity contribution is 7.89. The highest BCUT2D eigenvalue weighted by atomic mass is 32.2. The molecule has 234 valence electrons. The fourth-order valence-electron chi connectivity index (χ4n) is 5.74. The normalized spacial score (nSPS) is 17.7. The molecule has 1 aliphatic rings. The van der Waals surface area contributed by atoms with Crippen LogP contribution >= 0.6 is 0 Å². The Morgan fingerprint density at radius 2 is 1.56 bits per heavy atom. The third-order valence-electron chi connectivity index (χ3n) is 7.65. The maximum absolute atomic E-state index is 14.5. The highest BCUT2D eigenvalue weighted by Gasteiger charge is 2.39. The standard InChI is InChI=1S/C31H38F2N2O7S/c1-19(2)29-31(43(41,42)34-14-3-4-25(37)18-34)28(20-5-9-22(32)10-6-20)30(21-7-11-23(33)12-8-21)35(29)15-13-24(36)16-26(38)17-27(39)40/h5-12,19,24-26,36-38H,3-4,13-18H2,1-2H3,(H,39,40). The van der Waals surface area contributed by atoms with Gasteiger partial charge in [-0.25, -0.2) is 17.2 Å². The molecule has 0 radical (unpaired) electrons. The lowest BCUT2D eigenvalue weighted by Gasteiger charge is -2.30. The number of halogens is 2. The third kappa shape index (κ3) is 7.50. The van der Waals surface area contributed by atoms with E-state index in [0.29, 0.717) is 35.4 Å². The Bertz CT molecular complexity index is 1520. The van der Waals surface area contributed by atoms with Gasteiger partial charge in [-0.2, -0.15) is 4.31 Å². The monoisotopic (exact) mass is 620 g/mol. The molecular weight excluding hydrogens is 582 g/mol. The Morgan fingerprint density at radius 1 is 0.977 bits per heavy atom. The van der Waals surface area contributed by atoms with Gasteiger partial charge < -0.3 is 25.0 Å². The largest absolute Gasteiger partial charge is 0.481 e. The molecule has 1 aromatic heterocycles. The maximum atomic E-state index is 14.5. The van der Waals surface area contributed by atoms with E-state index in [1.807, 2.05) is 13.8 Å². The summed E-state index contributed by atoms with van der Waals surface area (Å²) in [5.74, 6) is -2.58. The number of carbonyl (C=O) groups is 1. The van der Waals surface area contributed by atoms with Crippen molar-refractivity contribution in [3.8, 4) is 22.4 Å². The molecule has 1 saturated heterocycles. The first-order valence-electron chi connectivity index (χ1n) is 14.3. The van der Waals surface area contributed by atoms with Crippen molar-refractivity contribution in [1.82, 2.24) is 8.87 Å². The second kappa shape index (κ2) is 13.6. The van der Waals surface area contributed by atoms with Crippen LogP contribution in [0.5, 0.6) is 0 Å². The van der Waals surface area contributed by atoms with E-state index in [9.17, 15) is 37.3 Å². The predicted molar refractivity (Wildman–Crippen MR) is 157 cm³/mol. The molecule has 3 atom stereocenters. The molecule has 2 heterocycles. The first-order valence-corrected chi connectivity index (χ1v) is 15.8. The summed E-state index contributed by atoms with van der Waals surface area (Å²) in [7, 11) is -4.23. The van der Waals surface area contributed by atoms with E-state index in [1.165, 1.54) is 52.8 Å². The SMILES string of the molecule is CC(C)c1c(S(=O)(=O)N2CCCC(O)C2)c(-c2ccc(F)cc2)c(-c2ccc(F)cc2)n1CCC(O)CC(O)CC(=O)O.